The van der Waals surface area contributed by atoms with Crippen LogP contribution in [0.1, 0.15) is 23.1 Å². The van der Waals surface area contributed by atoms with Crippen molar-refractivity contribution in [1.29, 1.82) is 0 Å². The average Bonchev–Trinajstić information content (AvgIpc) is 3.02. The zero-order valence-corrected chi connectivity index (χ0v) is 22.6. The molecule has 208 valence electrons. The third kappa shape index (κ3) is 6.45. The van der Waals surface area contributed by atoms with Crippen molar-refractivity contribution in [3.63, 3.8) is 0 Å². The molecule has 2 amide bonds. The van der Waals surface area contributed by atoms with Crippen molar-refractivity contribution in [2.45, 2.75) is 56.1 Å². The maximum atomic E-state index is 14.6. The first kappa shape index (κ1) is 27.6. The Kier molecular flexibility index (Phi) is 8.65. The maximum absolute atomic E-state index is 14.6. The molecule has 1 aliphatic heterocycles. The Balaban J connectivity index is 1.57. The van der Waals surface area contributed by atoms with Crippen LogP contribution in [0.5, 0.6) is 0 Å². The third-order valence-corrected chi connectivity index (χ3v) is 7.87. The summed E-state index contributed by atoms with van der Waals surface area (Å²) in [6.45, 7) is 0.557. The first-order chi connectivity index (χ1) is 19.4. The summed E-state index contributed by atoms with van der Waals surface area (Å²) in [6, 6.07) is 25.4. The van der Waals surface area contributed by atoms with Gasteiger partial charge in [-0.1, -0.05) is 91.0 Å². The predicted molar refractivity (Wildman–Crippen MR) is 158 cm³/mol. The first-order valence-corrected chi connectivity index (χ1v) is 13.9. The molecular weight excluding hydrogens is 500 g/mol. The minimum atomic E-state index is -1.17. The van der Waals surface area contributed by atoms with Crippen LogP contribution in [-0.2, 0) is 19.4 Å². The Morgan fingerprint density at radius 3 is 1.85 bits per heavy atom. The monoisotopic (exact) mass is 538 g/mol. The number of aliphatic hydroxyl groups excluding tert-OH is 2. The van der Waals surface area contributed by atoms with Gasteiger partial charge in [0, 0.05) is 24.8 Å². The number of carbonyl (C=O) groups is 1. The summed E-state index contributed by atoms with van der Waals surface area (Å²) in [5.41, 5.74) is 16.7. The van der Waals surface area contributed by atoms with E-state index in [1.807, 2.05) is 103 Å². The summed E-state index contributed by atoms with van der Waals surface area (Å²) in [6.07, 6.45) is 4.94. The molecule has 5 atom stereocenters. The number of carbonyl (C=O) groups excluding carboxylic acids is 1. The summed E-state index contributed by atoms with van der Waals surface area (Å²) in [4.78, 5) is 18.0. The Morgan fingerprint density at radius 1 is 0.750 bits per heavy atom. The van der Waals surface area contributed by atoms with Crippen LogP contribution in [0.15, 0.2) is 109 Å². The molecule has 0 bridgehead atoms. The van der Waals surface area contributed by atoms with Crippen LogP contribution in [0.4, 0.5) is 10.5 Å². The molecule has 0 aromatic heterocycles. The summed E-state index contributed by atoms with van der Waals surface area (Å²) >= 11 is 0. The molecule has 7 nitrogen and oxygen atoms in total. The molecular formula is C33H38N4O3. The second kappa shape index (κ2) is 12.5. The van der Waals surface area contributed by atoms with Gasteiger partial charge in [0.1, 0.15) is 12.2 Å². The second-order valence-electron chi connectivity index (χ2n) is 10.9. The normalized spacial score (nSPS) is 25.0. The molecule has 0 spiro atoms. The molecule has 2 aliphatic rings. The van der Waals surface area contributed by atoms with E-state index in [9.17, 15) is 15.0 Å². The Morgan fingerprint density at radius 2 is 1.30 bits per heavy atom. The third-order valence-electron chi connectivity index (χ3n) is 7.87. The quantitative estimate of drug-likeness (QED) is 0.327. The highest BCUT2D eigenvalue weighted by molar-refractivity contribution is 5.76. The van der Waals surface area contributed by atoms with Crippen LogP contribution in [0.3, 0.4) is 0 Å². The van der Waals surface area contributed by atoms with Crippen molar-refractivity contribution in [2.75, 3.05) is 12.3 Å². The smallest absolute Gasteiger partial charge is 0.321 e. The standard InChI is InChI=1S/C33H38N4O3/c34-27-15-7-13-25(17-27)21-36-29(19-23-9-3-1-4-10-23)31(38)32(39)30(20-24-11-5-2-6-12-24)37(33(36)40)22-26-14-8-16-28(35)18-26/h1-17,28-32,38-39H,18-22,34-35H2. The van der Waals surface area contributed by atoms with Gasteiger partial charge in [-0.2, -0.15) is 0 Å². The van der Waals surface area contributed by atoms with E-state index < -0.39 is 24.3 Å². The van der Waals surface area contributed by atoms with E-state index in [1.54, 1.807) is 9.80 Å². The maximum Gasteiger partial charge on any atom is 0.321 e. The number of aliphatic hydroxyl groups is 2. The van der Waals surface area contributed by atoms with Crippen molar-refractivity contribution in [1.82, 2.24) is 9.80 Å². The van der Waals surface area contributed by atoms with Crippen molar-refractivity contribution in [2.24, 2.45) is 5.73 Å². The molecule has 5 unspecified atom stereocenters. The van der Waals surface area contributed by atoms with Gasteiger partial charge in [-0.25, -0.2) is 4.79 Å². The Labute approximate surface area is 236 Å². The van der Waals surface area contributed by atoms with Crippen LogP contribution >= 0.6 is 0 Å². The fourth-order valence-corrected chi connectivity index (χ4v) is 5.81. The van der Waals surface area contributed by atoms with E-state index in [4.69, 9.17) is 11.5 Å². The Hall–Kier alpha value is -3.91. The van der Waals surface area contributed by atoms with Gasteiger partial charge in [0.25, 0.3) is 0 Å². The molecule has 1 heterocycles. The van der Waals surface area contributed by atoms with Gasteiger partial charge >= 0.3 is 6.03 Å². The molecule has 3 aromatic rings. The summed E-state index contributed by atoms with van der Waals surface area (Å²) in [7, 11) is 0. The van der Waals surface area contributed by atoms with Crippen molar-refractivity contribution in [3.05, 3.63) is 125 Å². The van der Waals surface area contributed by atoms with Gasteiger partial charge in [0.15, 0.2) is 0 Å². The molecule has 1 saturated heterocycles. The highest BCUT2D eigenvalue weighted by Crippen LogP contribution is 2.30. The lowest BCUT2D eigenvalue weighted by atomic mass is 9.90. The number of nitrogens with two attached hydrogens (primary N) is 2. The lowest BCUT2D eigenvalue weighted by Gasteiger charge is -2.36. The number of anilines is 1. The fourth-order valence-electron chi connectivity index (χ4n) is 5.81. The largest absolute Gasteiger partial charge is 0.399 e. The highest BCUT2D eigenvalue weighted by atomic mass is 16.3. The highest BCUT2D eigenvalue weighted by Gasteiger charge is 2.46. The van der Waals surface area contributed by atoms with Crippen molar-refractivity contribution >= 4 is 11.7 Å². The Bertz CT molecular complexity index is 1340. The van der Waals surface area contributed by atoms with E-state index in [2.05, 4.69) is 0 Å². The fraction of sp³-hybridized carbons (Fsp3) is 0.303. The molecule has 5 rings (SSSR count). The van der Waals surface area contributed by atoms with Gasteiger partial charge in [-0.05, 0) is 53.7 Å². The second-order valence-corrected chi connectivity index (χ2v) is 10.9. The molecule has 1 fully saturated rings. The topological polar surface area (TPSA) is 116 Å². The molecule has 40 heavy (non-hydrogen) atoms. The van der Waals surface area contributed by atoms with Gasteiger partial charge < -0.3 is 31.5 Å². The van der Waals surface area contributed by atoms with Crippen LogP contribution in [0, 0.1) is 0 Å². The van der Waals surface area contributed by atoms with Crippen LogP contribution in [0.25, 0.3) is 0 Å². The lowest BCUT2D eigenvalue weighted by molar-refractivity contribution is -0.0395. The number of nitrogen functional groups attached to an aromatic ring is 1. The van der Waals surface area contributed by atoms with Crippen LogP contribution in [-0.4, -0.2) is 62.9 Å². The number of hydrogen-bond donors (Lipinski definition) is 4. The van der Waals surface area contributed by atoms with Gasteiger partial charge in [-0.3, -0.25) is 0 Å². The number of urea groups is 1. The summed E-state index contributed by atoms with van der Waals surface area (Å²) in [5, 5.41) is 23.5. The van der Waals surface area contributed by atoms with Gasteiger partial charge in [0.05, 0.1) is 12.1 Å². The average molecular weight is 539 g/mol. The SMILES string of the molecule is Nc1cccc(CN2C(=O)N(CC3=CC=CC(N)C3)C(Cc3ccccc3)C(O)C(O)C2Cc2ccccc2)c1. The number of hydrogen-bond acceptors (Lipinski definition) is 5. The zero-order chi connectivity index (χ0) is 28.1. The minimum absolute atomic E-state index is 0.126. The molecule has 6 N–H and O–H groups in total. The minimum Gasteiger partial charge on any atom is -0.399 e. The molecule has 1 aliphatic carbocycles. The van der Waals surface area contributed by atoms with Gasteiger partial charge in [0.2, 0.25) is 0 Å². The van der Waals surface area contributed by atoms with Crippen LogP contribution < -0.4 is 11.5 Å². The predicted octanol–water partition coefficient (Wildman–Crippen LogP) is 3.66. The molecule has 3 aromatic carbocycles. The van der Waals surface area contributed by atoms with E-state index in [1.165, 1.54) is 0 Å². The van der Waals surface area contributed by atoms with E-state index >= 15 is 0 Å². The molecule has 0 saturated carbocycles. The van der Waals surface area contributed by atoms with Crippen molar-refractivity contribution < 1.29 is 15.0 Å². The molecule has 7 heteroatoms. The number of rotatable bonds is 8. The van der Waals surface area contributed by atoms with Crippen molar-refractivity contribution in [3.8, 4) is 0 Å². The summed E-state index contributed by atoms with van der Waals surface area (Å²) in [5.74, 6) is 0. The van der Waals surface area contributed by atoms with E-state index in [0.717, 1.165) is 22.3 Å². The van der Waals surface area contributed by atoms with E-state index in [0.29, 0.717) is 31.5 Å². The van der Waals surface area contributed by atoms with Crippen LogP contribution in [0.2, 0.25) is 0 Å². The van der Waals surface area contributed by atoms with Gasteiger partial charge in [-0.15, -0.1) is 0 Å². The van der Waals surface area contributed by atoms with E-state index in [-0.39, 0.29) is 18.6 Å². The number of nitrogens with zero attached hydrogens (tertiary/aromatic N) is 2. The zero-order valence-electron chi connectivity index (χ0n) is 22.6. The number of benzene rings is 3. The summed E-state index contributed by atoms with van der Waals surface area (Å²) < 4.78 is 0. The number of allylic oxidation sites excluding steroid dienone is 2. The lowest BCUT2D eigenvalue weighted by Crippen LogP contribution is -2.51. The number of amides is 2. The first-order valence-electron chi connectivity index (χ1n) is 13.9. The molecule has 0 radical (unpaired) electrons.